The van der Waals surface area contributed by atoms with Gasteiger partial charge in [0.25, 0.3) is 0 Å². The lowest BCUT2D eigenvalue weighted by atomic mass is 9.96. The summed E-state index contributed by atoms with van der Waals surface area (Å²) in [5, 5.41) is 0. The Balaban J connectivity index is 3.90. The highest BCUT2D eigenvalue weighted by Crippen LogP contribution is 2.47. The first-order valence-electron chi connectivity index (χ1n) is 4.85. The van der Waals surface area contributed by atoms with E-state index in [-0.39, 0.29) is 6.07 Å². The van der Waals surface area contributed by atoms with Gasteiger partial charge in [0.2, 0.25) is 0 Å². The van der Waals surface area contributed by atoms with Gasteiger partial charge in [-0.3, -0.25) is 0 Å². The van der Waals surface area contributed by atoms with Crippen LogP contribution >= 0.6 is 0 Å². The first-order valence-corrected chi connectivity index (χ1v) is 4.85. The van der Waals surface area contributed by atoms with E-state index < -0.39 is 53.0 Å². The molecule has 22 heavy (non-hydrogen) atoms. The number of benzene rings is 1. The Bertz CT molecular complexity index is 455. The molecule has 0 atom stereocenters. The fraction of sp³-hybridized carbons (Fsp3) is 0.400. The molecule has 0 unspecified atom stereocenters. The zero-order chi connectivity index (χ0) is 17.7. The smallest absolute Gasteiger partial charge is 0.166 e. The molecule has 0 amide bonds. The topological polar surface area (TPSA) is 0 Å². The standard InChI is InChI=1S/C10HF12/c11-7(12,13)3-1-4(8(14,15)16)6(10(20,21)22)2-5(3)9(17,18)19/h1H. The molecule has 0 spiro atoms. The predicted molar refractivity (Wildman–Crippen MR) is 45.3 cm³/mol. The van der Waals surface area contributed by atoms with Crippen LogP contribution in [-0.2, 0) is 24.7 Å². The highest BCUT2D eigenvalue weighted by molar-refractivity contribution is 5.43. The Labute approximate surface area is 113 Å². The second-order valence-electron chi connectivity index (χ2n) is 3.84. The summed E-state index contributed by atoms with van der Waals surface area (Å²) in [5.41, 5.74) is -11.7. The van der Waals surface area contributed by atoms with Crippen LogP contribution in [0.4, 0.5) is 52.7 Å². The van der Waals surface area contributed by atoms with Gasteiger partial charge in [-0.05, 0) is 6.07 Å². The van der Waals surface area contributed by atoms with Gasteiger partial charge in [-0.25, -0.2) is 0 Å². The molecule has 0 aromatic heterocycles. The van der Waals surface area contributed by atoms with E-state index in [0.717, 1.165) is 0 Å². The Morgan fingerprint density at radius 1 is 0.500 bits per heavy atom. The maximum Gasteiger partial charge on any atom is 0.417 e. The molecule has 0 heterocycles. The lowest BCUT2D eigenvalue weighted by molar-refractivity contribution is -0.171. The minimum atomic E-state index is -5.98. The molecule has 125 valence electrons. The van der Waals surface area contributed by atoms with Crippen molar-refractivity contribution in [3.63, 3.8) is 0 Å². The van der Waals surface area contributed by atoms with Crippen molar-refractivity contribution in [3.05, 3.63) is 34.4 Å². The number of halogens is 12. The zero-order valence-electron chi connectivity index (χ0n) is 9.61. The number of alkyl halides is 12. The van der Waals surface area contributed by atoms with Crippen LogP contribution in [0.5, 0.6) is 0 Å². The summed E-state index contributed by atoms with van der Waals surface area (Å²) in [5.74, 6) is 0. The van der Waals surface area contributed by atoms with Crippen molar-refractivity contribution in [1.82, 2.24) is 0 Å². The number of hydrogen-bond donors (Lipinski definition) is 0. The van der Waals surface area contributed by atoms with Crippen molar-refractivity contribution in [1.29, 1.82) is 0 Å². The van der Waals surface area contributed by atoms with E-state index >= 15 is 0 Å². The first-order chi connectivity index (χ1) is 9.45. The summed E-state index contributed by atoms with van der Waals surface area (Å²) < 4.78 is 149. The Kier molecular flexibility index (Phi) is 4.14. The zero-order valence-corrected chi connectivity index (χ0v) is 9.61. The highest BCUT2D eigenvalue weighted by atomic mass is 19.4. The molecule has 0 aliphatic heterocycles. The quantitative estimate of drug-likeness (QED) is 0.538. The molecular formula is C10HF12. The second kappa shape index (κ2) is 4.95. The van der Waals surface area contributed by atoms with Crippen LogP contribution in [0.2, 0.25) is 0 Å². The van der Waals surface area contributed by atoms with Crippen molar-refractivity contribution in [3.8, 4) is 0 Å². The fourth-order valence-corrected chi connectivity index (χ4v) is 1.44. The molecule has 0 fully saturated rings. The second-order valence-corrected chi connectivity index (χ2v) is 3.84. The lowest BCUT2D eigenvalue weighted by Gasteiger charge is -2.21. The molecule has 0 nitrogen and oxygen atoms in total. The molecular weight excluding hydrogens is 348 g/mol. The third kappa shape index (κ3) is 3.77. The summed E-state index contributed by atoms with van der Waals surface area (Å²) in [7, 11) is 0. The molecule has 0 saturated carbocycles. The maximum atomic E-state index is 12.4. The van der Waals surface area contributed by atoms with Crippen molar-refractivity contribution in [2.24, 2.45) is 0 Å². The SMILES string of the molecule is FC(F)(F)c1[c]c(C(F)(F)F)c(C(F)(F)F)cc1C(F)(F)F. The van der Waals surface area contributed by atoms with Gasteiger partial charge in [-0.1, -0.05) is 0 Å². The first kappa shape index (κ1) is 18.4. The highest BCUT2D eigenvalue weighted by Gasteiger charge is 2.50. The van der Waals surface area contributed by atoms with Crippen LogP contribution in [-0.4, -0.2) is 0 Å². The minimum Gasteiger partial charge on any atom is -0.166 e. The molecule has 0 aliphatic rings. The van der Waals surface area contributed by atoms with Gasteiger partial charge in [0.1, 0.15) is 0 Å². The van der Waals surface area contributed by atoms with E-state index in [1.165, 1.54) is 0 Å². The molecule has 1 aromatic rings. The Morgan fingerprint density at radius 2 is 0.773 bits per heavy atom. The van der Waals surface area contributed by atoms with E-state index in [1.807, 2.05) is 0 Å². The van der Waals surface area contributed by atoms with E-state index in [1.54, 1.807) is 0 Å². The molecule has 1 rings (SSSR count). The lowest BCUT2D eigenvalue weighted by Crippen LogP contribution is -2.23. The van der Waals surface area contributed by atoms with Gasteiger partial charge in [-0.2, -0.15) is 52.7 Å². The van der Waals surface area contributed by atoms with Crippen LogP contribution in [0, 0.1) is 6.07 Å². The largest absolute Gasteiger partial charge is 0.417 e. The van der Waals surface area contributed by atoms with Gasteiger partial charge >= 0.3 is 24.7 Å². The number of rotatable bonds is 0. The molecule has 0 bridgehead atoms. The molecule has 0 N–H and O–H groups in total. The maximum absolute atomic E-state index is 12.4. The summed E-state index contributed by atoms with van der Waals surface area (Å²) in [4.78, 5) is 0. The van der Waals surface area contributed by atoms with Crippen molar-refractivity contribution in [2.75, 3.05) is 0 Å². The van der Waals surface area contributed by atoms with E-state index in [9.17, 15) is 52.7 Å². The van der Waals surface area contributed by atoms with Crippen LogP contribution in [0.25, 0.3) is 0 Å². The Morgan fingerprint density at radius 3 is 0.955 bits per heavy atom. The molecule has 1 aromatic carbocycles. The summed E-state index contributed by atoms with van der Waals surface area (Å²) in [6.45, 7) is 0. The van der Waals surface area contributed by atoms with Gasteiger partial charge in [0.15, 0.2) is 0 Å². The van der Waals surface area contributed by atoms with Crippen LogP contribution in [0.1, 0.15) is 22.3 Å². The van der Waals surface area contributed by atoms with Crippen LogP contribution in [0.3, 0.4) is 0 Å². The summed E-state index contributed by atoms with van der Waals surface area (Å²) in [6, 6.07) is -1.04. The van der Waals surface area contributed by atoms with E-state index in [2.05, 4.69) is 0 Å². The summed E-state index contributed by atoms with van der Waals surface area (Å²) >= 11 is 0. The van der Waals surface area contributed by atoms with Crippen molar-refractivity contribution in [2.45, 2.75) is 24.7 Å². The van der Waals surface area contributed by atoms with Crippen LogP contribution in [0.15, 0.2) is 6.07 Å². The average Bonchev–Trinajstić information content (AvgIpc) is 2.22. The normalized spacial score (nSPS) is 14.4. The van der Waals surface area contributed by atoms with Gasteiger partial charge in [0.05, 0.1) is 22.3 Å². The van der Waals surface area contributed by atoms with Gasteiger partial charge < -0.3 is 0 Å². The van der Waals surface area contributed by atoms with Crippen LogP contribution < -0.4 is 0 Å². The molecule has 12 heteroatoms. The average molecular weight is 349 g/mol. The Hall–Kier alpha value is -1.62. The predicted octanol–water partition coefficient (Wildman–Crippen LogP) is 5.56. The van der Waals surface area contributed by atoms with Crippen molar-refractivity contribution < 1.29 is 52.7 Å². The molecule has 0 saturated heterocycles. The van der Waals surface area contributed by atoms with Gasteiger partial charge in [-0.15, -0.1) is 0 Å². The third-order valence-electron chi connectivity index (χ3n) is 2.26. The third-order valence-corrected chi connectivity index (χ3v) is 2.26. The minimum absolute atomic E-state index is 0.185. The van der Waals surface area contributed by atoms with E-state index in [0.29, 0.717) is 0 Å². The molecule has 0 aliphatic carbocycles. The van der Waals surface area contributed by atoms with Crippen molar-refractivity contribution >= 4 is 0 Å². The van der Waals surface area contributed by atoms with Gasteiger partial charge in [0, 0.05) is 6.07 Å². The monoisotopic (exact) mass is 349 g/mol. The van der Waals surface area contributed by atoms with E-state index in [4.69, 9.17) is 0 Å². The number of hydrogen-bond acceptors (Lipinski definition) is 0. The fourth-order valence-electron chi connectivity index (χ4n) is 1.44. The summed E-state index contributed by atoms with van der Waals surface area (Å²) in [6.07, 6.45) is -23.9. The molecule has 1 radical (unpaired) electrons.